The van der Waals surface area contributed by atoms with Crippen molar-refractivity contribution in [1.29, 1.82) is 0 Å². The summed E-state index contributed by atoms with van der Waals surface area (Å²) in [5.41, 5.74) is 0.668. The van der Waals surface area contributed by atoms with Crippen LogP contribution in [0.1, 0.15) is 31.4 Å². The van der Waals surface area contributed by atoms with E-state index in [1.165, 1.54) is 18.6 Å². The molecule has 2 unspecified atom stereocenters. The Morgan fingerprint density at radius 2 is 2.05 bits per heavy atom. The van der Waals surface area contributed by atoms with Crippen LogP contribution in [0.25, 0.3) is 0 Å². The minimum absolute atomic E-state index is 0.0484. The van der Waals surface area contributed by atoms with Gasteiger partial charge in [0.2, 0.25) is 0 Å². The van der Waals surface area contributed by atoms with Gasteiger partial charge in [0, 0.05) is 38.3 Å². The van der Waals surface area contributed by atoms with Crippen molar-refractivity contribution in [3.63, 3.8) is 0 Å². The molecule has 1 aliphatic rings. The number of nitrogens with zero attached hydrogens (tertiary/aromatic N) is 1. The first-order valence-corrected chi connectivity index (χ1v) is 7.52. The number of rotatable bonds is 7. The molecule has 0 aliphatic carbocycles. The summed E-state index contributed by atoms with van der Waals surface area (Å²) in [4.78, 5) is 2.22. The van der Waals surface area contributed by atoms with Gasteiger partial charge < -0.3 is 10.1 Å². The van der Waals surface area contributed by atoms with Gasteiger partial charge in [-0.05, 0) is 44.0 Å². The predicted octanol–water partition coefficient (Wildman–Crippen LogP) is 2.73. The Hall–Kier alpha value is -1.04. The molecule has 118 valence electrons. The van der Waals surface area contributed by atoms with Gasteiger partial charge in [0.15, 0.2) is 0 Å². The van der Waals surface area contributed by atoms with Crippen LogP contribution in [-0.4, -0.2) is 44.3 Å². The van der Waals surface area contributed by atoms with Crippen LogP contribution in [0.15, 0.2) is 18.2 Å². The molecular weight excluding hydrogens is 274 g/mol. The summed E-state index contributed by atoms with van der Waals surface area (Å²) in [5, 5.41) is 3.46. The third-order valence-electron chi connectivity index (χ3n) is 4.11. The predicted molar refractivity (Wildman–Crippen MR) is 79.2 cm³/mol. The van der Waals surface area contributed by atoms with Crippen LogP contribution in [0.5, 0.6) is 0 Å². The van der Waals surface area contributed by atoms with E-state index in [-0.39, 0.29) is 6.04 Å². The molecule has 21 heavy (non-hydrogen) atoms. The van der Waals surface area contributed by atoms with Crippen molar-refractivity contribution in [2.45, 2.75) is 31.8 Å². The molecule has 1 fully saturated rings. The zero-order valence-corrected chi connectivity index (χ0v) is 12.7. The van der Waals surface area contributed by atoms with E-state index in [2.05, 4.69) is 10.2 Å². The normalized spacial score (nSPS) is 20.1. The van der Waals surface area contributed by atoms with Gasteiger partial charge in [-0.2, -0.15) is 0 Å². The average molecular weight is 298 g/mol. The minimum Gasteiger partial charge on any atom is -0.383 e. The molecule has 5 heteroatoms. The molecule has 1 heterocycles. The first-order valence-electron chi connectivity index (χ1n) is 7.52. The zero-order valence-electron chi connectivity index (χ0n) is 12.7. The Kier molecular flexibility index (Phi) is 6.08. The molecule has 0 aromatic heterocycles. The smallest absolute Gasteiger partial charge is 0.126 e. The van der Waals surface area contributed by atoms with Crippen LogP contribution in [0.2, 0.25) is 0 Å². The van der Waals surface area contributed by atoms with Crippen molar-refractivity contribution >= 4 is 0 Å². The molecule has 1 aliphatic heterocycles. The van der Waals surface area contributed by atoms with Gasteiger partial charge in [-0.25, -0.2) is 8.78 Å². The number of benzene rings is 1. The Morgan fingerprint density at radius 3 is 2.62 bits per heavy atom. The average Bonchev–Trinajstić information content (AvgIpc) is 2.94. The van der Waals surface area contributed by atoms with Gasteiger partial charge >= 0.3 is 0 Å². The molecule has 0 saturated carbocycles. The lowest BCUT2D eigenvalue weighted by atomic mass is 10.1. The second-order valence-corrected chi connectivity index (χ2v) is 5.66. The summed E-state index contributed by atoms with van der Waals surface area (Å²) in [6, 6.07) is 4.13. The number of hydrogen-bond acceptors (Lipinski definition) is 3. The molecule has 2 rings (SSSR count). The lowest BCUT2D eigenvalue weighted by Gasteiger charge is -2.31. The maximum Gasteiger partial charge on any atom is 0.126 e. The van der Waals surface area contributed by atoms with Crippen molar-refractivity contribution in [2.24, 2.45) is 0 Å². The number of halogens is 2. The molecule has 0 amide bonds. The van der Waals surface area contributed by atoms with Gasteiger partial charge in [-0.3, -0.25) is 4.90 Å². The lowest BCUT2D eigenvalue weighted by molar-refractivity contribution is 0.117. The highest BCUT2D eigenvalue weighted by Gasteiger charge is 2.22. The third kappa shape index (κ3) is 4.73. The van der Waals surface area contributed by atoms with E-state index in [4.69, 9.17) is 4.74 Å². The van der Waals surface area contributed by atoms with Gasteiger partial charge in [0.05, 0.1) is 6.61 Å². The highest BCUT2D eigenvalue weighted by Crippen LogP contribution is 2.23. The summed E-state index contributed by atoms with van der Waals surface area (Å²) in [7, 11) is 1.67. The Labute approximate surface area is 125 Å². The maximum absolute atomic E-state index is 13.4. The van der Waals surface area contributed by atoms with Gasteiger partial charge in [0.25, 0.3) is 0 Å². The van der Waals surface area contributed by atoms with Crippen LogP contribution < -0.4 is 5.32 Å². The molecule has 2 atom stereocenters. The van der Waals surface area contributed by atoms with Crippen LogP contribution in [0.4, 0.5) is 8.78 Å². The third-order valence-corrected chi connectivity index (χ3v) is 4.11. The number of ether oxygens (including phenoxy) is 1. The summed E-state index contributed by atoms with van der Waals surface area (Å²) < 4.78 is 32.0. The summed E-state index contributed by atoms with van der Waals surface area (Å²) in [6.07, 6.45) is 2.33. The van der Waals surface area contributed by atoms with E-state index in [1.807, 2.05) is 6.92 Å². The first kappa shape index (κ1) is 16.3. The molecule has 1 saturated heterocycles. The van der Waals surface area contributed by atoms with E-state index >= 15 is 0 Å². The standard InChI is InChI=1S/C16H24F2N2O/c1-12(13-8-14(17)10-15(18)9-13)20(6-7-21-2)11-16-4-3-5-19-16/h8-10,12,16,19H,3-7,11H2,1-2H3. The Bertz CT molecular complexity index is 430. The van der Waals surface area contributed by atoms with E-state index in [1.54, 1.807) is 7.11 Å². The van der Waals surface area contributed by atoms with Crippen LogP contribution in [-0.2, 0) is 4.74 Å². The SMILES string of the molecule is COCCN(CC1CCCN1)C(C)c1cc(F)cc(F)c1. The topological polar surface area (TPSA) is 24.5 Å². The van der Waals surface area contributed by atoms with Crippen molar-refractivity contribution in [3.05, 3.63) is 35.4 Å². The van der Waals surface area contributed by atoms with Crippen molar-refractivity contribution in [3.8, 4) is 0 Å². The zero-order chi connectivity index (χ0) is 15.2. The van der Waals surface area contributed by atoms with E-state index in [0.717, 1.165) is 32.1 Å². The Morgan fingerprint density at radius 1 is 1.33 bits per heavy atom. The molecule has 3 nitrogen and oxygen atoms in total. The molecule has 1 aromatic carbocycles. The minimum atomic E-state index is -0.525. The second-order valence-electron chi connectivity index (χ2n) is 5.66. The summed E-state index contributed by atoms with van der Waals surface area (Å²) in [5.74, 6) is -1.05. The number of hydrogen-bond donors (Lipinski definition) is 1. The first-order chi connectivity index (χ1) is 10.1. The molecule has 0 bridgehead atoms. The maximum atomic E-state index is 13.4. The fourth-order valence-corrected chi connectivity index (χ4v) is 2.87. The Balaban J connectivity index is 2.09. The van der Waals surface area contributed by atoms with Crippen molar-refractivity contribution < 1.29 is 13.5 Å². The van der Waals surface area contributed by atoms with Crippen LogP contribution in [0.3, 0.4) is 0 Å². The fraction of sp³-hybridized carbons (Fsp3) is 0.625. The molecule has 0 spiro atoms. The van der Waals surface area contributed by atoms with Crippen molar-refractivity contribution in [2.75, 3.05) is 33.4 Å². The van der Waals surface area contributed by atoms with E-state index in [0.29, 0.717) is 18.2 Å². The largest absolute Gasteiger partial charge is 0.383 e. The molecular formula is C16H24F2N2O. The lowest BCUT2D eigenvalue weighted by Crippen LogP contribution is -2.40. The van der Waals surface area contributed by atoms with Gasteiger partial charge in [-0.1, -0.05) is 0 Å². The summed E-state index contributed by atoms with van der Waals surface area (Å²) in [6.45, 7) is 5.25. The highest BCUT2D eigenvalue weighted by molar-refractivity contribution is 5.21. The molecule has 0 radical (unpaired) electrons. The second kappa shape index (κ2) is 7.82. The molecule has 1 N–H and O–H groups in total. The van der Waals surface area contributed by atoms with Crippen LogP contribution >= 0.6 is 0 Å². The van der Waals surface area contributed by atoms with E-state index in [9.17, 15) is 8.78 Å². The van der Waals surface area contributed by atoms with E-state index < -0.39 is 11.6 Å². The van der Waals surface area contributed by atoms with Gasteiger partial charge in [0.1, 0.15) is 11.6 Å². The highest BCUT2D eigenvalue weighted by atomic mass is 19.1. The quantitative estimate of drug-likeness (QED) is 0.837. The van der Waals surface area contributed by atoms with Gasteiger partial charge in [-0.15, -0.1) is 0 Å². The summed E-state index contributed by atoms with van der Waals surface area (Å²) >= 11 is 0. The monoisotopic (exact) mass is 298 g/mol. The fourth-order valence-electron chi connectivity index (χ4n) is 2.87. The number of nitrogens with one attached hydrogen (secondary N) is 1. The number of methoxy groups -OCH3 is 1. The van der Waals surface area contributed by atoms with Crippen LogP contribution in [0, 0.1) is 11.6 Å². The van der Waals surface area contributed by atoms with Crippen molar-refractivity contribution in [1.82, 2.24) is 10.2 Å². The molecule has 1 aromatic rings.